The minimum absolute atomic E-state index is 0.0253. The fourth-order valence-corrected chi connectivity index (χ4v) is 2.32. The van der Waals surface area contributed by atoms with Crippen molar-refractivity contribution in [2.45, 2.75) is 33.4 Å². The van der Waals surface area contributed by atoms with E-state index in [1.165, 1.54) is 7.11 Å². The van der Waals surface area contributed by atoms with Crippen LogP contribution in [-0.4, -0.2) is 40.8 Å². The van der Waals surface area contributed by atoms with Crippen molar-refractivity contribution in [3.8, 4) is 5.75 Å². The number of aryl methyl sites for hydroxylation is 1. The van der Waals surface area contributed by atoms with Crippen LogP contribution in [-0.2, 0) is 16.1 Å². The van der Waals surface area contributed by atoms with Crippen LogP contribution in [0.25, 0.3) is 0 Å². The highest BCUT2D eigenvalue weighted by Crippen LogP contribution is 2.24. The lowest BCUT2D eigenvalue weighted by atomic mass is 10.1. The second-order valence-electron chi connectivity index (χ2n) is 5.26. The summed E-state index contributed by atoms with van der Waals surface area (Å²) in [6, 6.07) is 4.56. The number of hydrogen-bond acceptors (Lipinski definition) is 4. The van der Waals surface area contributed by atoms with Crippen molar-refractivity contribution in [2.24, 2.45) is 0 Å². The van der Waals surface area contributed by atoms with Gasteiger partial charge in [-0.1, -0.05) is 17.7 Å². The van der Waals surface area contributed by atoms with Crippen LogP contribution in [0.3, 0.4) is 0 Å². The monoisotopic (exact) mass is 290 g/mol. The fraction of sp³-hybridized carbons (Fsp3) is 0.400. The van der Waals surface area contributed by atoms with Gasteiger partial charge in [0.2, 0.25) is 0 Å². The molecule has 0 N–H and O–H groups in total. The zero-order valence-electron chi connectivity index (χ0n) is 12.5. The number of imide groups is 2. The van der Waals surface area contributed by atoms with Crippen molar-refractivity contribution in [3.05, 3.63) is 29.3 Å². The van der Waals surface area contributed by atoms with Gasteiger partial charge in [-0.25, -0.2) is 4.79 Å². The Bertz CT molecular complexity index is 610. The van der Waals surface area contributed by atoms with Gasteiger partial charge in [-0.3, -0.25) is 19.4 Å². The number of hydrogen-bond donors (Lipinski definition) is 0. The fourth-order valence-electron chi connectivity index (χ4n) is 2.32. The highest BCUT2D eigenvalue weighted by Gasteiger charge is 2.45. The Balaban J connectivity index is 2.32. The van der Waals surface area contributed by atoms with Crippen LogP contribution in [0.5, 0.6) is 5.75 Å². The largest absolute Gasteiger partial charge is 0.496 e. The molecule has 1 aliphatic rings. The molecule has 1 saturated heterocycles. The first-order valence-electron chi connectivity index (χ1n) is 6.69. The Morgan fingerprint density at radius 3 is 2.33 bits per heavy atom. The van der Waals surface area contributed by atoms with Gasteiger partial charge in [0, 0.05) is 11.6 Å². The minimum atomic E-state index is -0.794. The van der Waals surface area contributed by atoms with E-state index in [2.05, 4.69) is 0 Å². The predicted octanol–water partition coefficient (Wildman–Crippen LogP) is 1.70. The third-order valence-corrected chi connectivity index (χ3v) is 3.36. The van der Waals surface area contributed by atoms with Crippen LogP contribution in [0.2, 0.25) is 0 Å². The van der Waals surface area contributed by atoms with Gasteiger partial charge in [0.25, 0.3) is 0 Å². The molecule has 0 saturated carbocycles. The summed E-state index contributed by atoms with van der Waals surface area (Å²) in [7, 11) is 1.52. The molecule has 6 nitrogen and oxygen atoms in total. The number of carbonyl (C=O) groups excluding carboxylic acids is 3. The van der Waals surface area contributed by atoms with Crippen LogP contribution >= 0.6 is 0 Å². The molecule has 0 atom stereocenters. The van der Waals surface area contributed by atoms with E-state index in [-0.39, 0.29) is 12.6 Å². The lowest BCUT2D eigenvalue weighted by Gasteiger charge is -2.19. The zero-order valence-corrected chi connectivity index (χ0v) is 12.5. The molecule has 112 valence electrons. The first-order chi connectivity index (χ1) is 9.86. The summed E-state index contributed by atoms with van der Waals surface area (Å²) in [6.45, 7) is 5.32. The van der Waals surface area contributed by atoms with E-state index in [4.69, 9.17) is 4.74 Å². The van der Waals surface area contributed by atoms with E-state index in [9.17, 15) is 14.4 Å². The summed E-state index contributed by atoms with van der Waals surface area (Å²) in [5, 5.41) is 0. The Morgan fingerprint density at radius 2 is 1.81 bits per heavy atom. The number of benzene rings is 1. The van der Waals surface area contributed by atoms with Gasteiger partial charge < -0.3 is 4.74 Å². The maximum atomic E-state index is 12.2. The third-order valence-electron chi connectivity index (χ3n) is 3.36. The molecule has 1 aromatic carbocycles. The molecule has 0 radical (unpaired) electrons. The quantitative estimate of drug-likeness (QED) is 0.625. The van der Waals surface area contributed by atoms with Crippen LogP contribution < -0.4 is 4.74 Å². The van der Waals surface area contributed by atoms with Crippen molar-refractivity contribution < 1.29 is 19.1 Å². The summed E-state index contributed by atoms with van der Waals surface area (Å²) in [6.07, 6.45) is 0. The average molecular weight is 290 g/mol. The van der Waals surface area contributed by atoms with E-state index >= 15 is 0 Å². The van der Waals surface area contributed by atoms with Crippen LogP contribution in [0, 0.1) is 6.92 Å². The Kier molecular flexibility index (Phi) is 3.97. The number of urea groups is 1. The summed E-state index contributed by atoms with van der Waals surface area (Å²) in [4.78, 5) is 38.0. The molecule has 4 amide bonds. The molecule has 0 aromatic heterocycles. The van der Waals surface area contributed by atoms with E-state index < -0.39 is 17.8 Å². The maximum Gasteiger partial charge on any atom is 0.334 e. The van der Waals surface area contributed by atoms with E-state index in [0.29, 0.717) is 11.3 Å². The summed E-state index contributed by atoms with van der Waals surface area (Å²) in [5.74, 6) is -0.990. The smallest absolute Gasteiger partial charge is 0.334 e. The zero-order chi connectivity index (χ0) is 15.7. The second kappa shape index (κ2) is 5.55. The molecular formula is C15H18N2O4. The van der Waals surface area contributed by atoms with E-state index in [0.717, 1.165) is 15.4 Å². The SMILES string of the molecule is COc1ccc(C)cc1CN1C(=O)C(=O)N(C(C)C)C1=O. The molecular weight excluding hydrogens is 272 g/mol. The third kappa shape index (κ3) is 2.61. The number of ether oxygens (including phenoxy) is 1. The minimum Gasteiger partial charge on any atom is -0.496 e. The molecule has 21 heavy (non-hydrogen) atoms. The molecule has 1 fully saturated rings. The molecule has 1 aliphatic heterocycles. The number of rotatable bonds is 4. The second-order valence-corrected chi connectivity index (χ2v) is 5.26. The normalized spacial score (nSPS) is 15.4. The Labute approximate surface area is 123 Å². The number of nitrogens with zero attached hydrogens (tertiary/aromatic N) is 2. The van der Waals surface area contributed by atoms with Crippen LogP contribution in [0.1, 0.15) is 25.0 Å². The molecule has 6 heteroatoms. The summed E-state index contributed by atoms with van der Waals surface area (Å²) < 4.78 is 5.23. The summed E-state index contributed by atoms with van der Waals surface area (Å²) >= 11 is 0. The van der Waals surface area contributed by atoms with Crippen molar-refractivity contribution in [2.75, 3.05) is 7.11 Å². The van der Waals surface area contributed by atoms with Gasteiger partial charge in [-0.2, -0.15) is 0 Å². The molecule has 0 unspecified atom stereocenters. The van der Waals surface area contributed by atoms with Crippen LogP contribution in [0.4, 0.5) is 4.79 Å². The van der Waals surface area contributed by atoms with Gasteiger partial charge in [-0.05, 0) is 26.8 Å². The first-order valence-corrected chi connectivity index (χ1v) is 6.69. The molecule has 1 heterocycles. The lowest BCUT2D eigenvalue weighted by Crippen LogP contribution is -2.37. The first kappa shape index (κ1) is 15.0. The van der Waals surface area contributed by atoms with Crippen molar-refractivity contribution in [1.82, 2.24) is 9.80 Å². The topological polar surface area (TPSA) is 66.9 Å². The molecule has 1 aromatic rings. The van der Waals surface area contributed by atoms with Crippen molar-refractivity contribution in [1.29, 1.82) is 0 Å². The van der Waals surface area contributed by atoms with Gasteiger partial charge in [0.05, 0.1) is 13.7 Å². The molecule has 0 aliphatic carbocycles. The van der Waals surface area contributed by atoms with Gasteiger partial charge >= 0.3 is 17.8 Å². The molecule has 2 rings (SSSR count). The Hall–Kier alpha value is -2.37. The molecule has 0 bridgehead atoms. The van der Waals surface area contributed by atoms with Crippen LogP contribution in [0.15, 0.2) is 18.2 Å². The predicted molar refractivity (Wildman–Crippen MR) is 75.7 cm³/mol. The van der Waals surface area contributed by atoms with E-state index in [1.54, 1.807) is 19.9 Å². The lowest BCUT2D eigenvalue weighted by molar-refractivity contribution is -0.144. The van der Waals surface area contributed by atoms with Crippen molar-refractivity contribution >= 4 is 17.8 Å². The van der Waals surface area contributed by atoms with E-state index in [1.807, 2.05) is 19.1 Å². The maximum absolute atomic E-state index is 12.2. The highest BCUT2D eigenvalue weighted by molar-refractivity contribution is 6.44. The van der Waals surface area contributed by atoms with Gasteiger partial charge in [-0.15, -0.1) is 0 Å². The highest BCUT2D eigenvalue weighted by atomic mass is 16.5. The number of carbonyl (C=O) groups is 3. The van der Waals surface area contributed by atoms with Gasteiger partial charge in [0.15, 0.2) is 0 Å². The number of amides is 4. The Morgan fingerprint density at radius 1 is 1.14 bits per heavy atom. The average Bonchev–Trinajstić information content (AvgIpc) is 2.63. The standard InChI is InChI=1S/C15H18N2O4/c1-9(2)17-14(19)13(18)16(15(17)20)8-11-7-10(3)5-6-12(11)21-4/h5-7,9H,8H2,1-4H3. The van der Waals surface area contributed by atoms with Crippen molar-refractivity contribution in [3.63, 3.8) is 0 Å². The molecule has 0 spiro atoms. The number of methoxy groups -OCH3 is 1. The summed E-state index contributed by atoms with van der Waals surface area (Å²) in [5.41, 5.74) is 1.68. The van der Waals surface area contributed by atoms with Gasteiger partial charge in [0.1, 0.15) is 5.75 Å².